The third kappa shape index (κ3) is 8.38. The summed E-state index contributed by atoms with van der Waals surface area (Å²) in [5.41, 5.74) is 0. The highest BCUT2D eigenvalue weighted by molar-refractivity contribution is 5.86. The van der Waals surface area contributed by atoms with E-state index in [0.717, 1.165) is 25.8 Å². The third-order valence-electron chi connectivity index (χ3n) is 4.57. The minimum Gasteiger partial charge on any atom is -0.465 e. The van der Waals surface area contributed by atoms with Crippen LogP contribution in [0.4, 0.5) is 0 Å². The van der Waals surface area contributed by atoms with Crippen molar-refractivity contribution in [1.29, 1.82) is 0 Å². The average Bonchev–Trinajstić information content (AvgIpc) is 2.91. The standard InChI is InChI=1S/C19H35NO3/c1-3-5-7-9-10-11-13-20-16-17(15-18(20)21)19(22)23-14-12-8-6-4-2/h17H,3-16H2,1-2H3. The Kier molecular flexibility index (Phi) is 10.8. The fraction of sp³-hybridized carbons (Fsp3) is 0.895. The largest absolute Gasteiger partial charge is 0.465 e. The summed E-state index contributed by atoms with van der Waals surface area (Å²) in [5, 5.41) is 0. The Morgan fingerprint density at radius 3 is 2.30 bits per heavy atom. The molecule has 1 saturated heterocycles. The van der Waals surface area contributed by atoms with Crippen LogP contribution in [-0.4, -0.2) is 36.5 Å². The molecule has 1 amide bonds. The average molecular weight is 325 g/mol. The molecule has 0 N–H and O–H groups in total. The summed E-state index contributed by atoms with van der Waals surface area (Å²) in [7, 11) is 0. The van der Waals surface area contributed by atoms with Gasteiger partial charge in [-0.2, -0.15) is 0 Å². The van der Waals surface area contributed by atoms with E-state index in [-0.39, 0.29) is 17.8 Å². The monoisotopic (exact) mass is 325 g/mol. The molecule has 4 heteroatoms. The Hall–Kier alpha value is -1.06. The fourth-order valence-electron chi connectivity index (χ4n) is 3.05. The number of likely N-dealkylation sites (tertiary alicyclic amines) is 1. The van der Waals surface area contributed by atoms with Crippen LogP contribution < -0.4 is 0 Å². The lowest BCUT2D eigenvalue weighted by molar-refractivity contribution is -0.148. The van der Waals surface area contributed by atoms with Crippen LogP contribution in [0.5, 0.6) is 0 Å². The molecule has 0 aromatic carbocycles. The first kappa shape index (κ1) is 20.0. The van der Waals surface area contributed by atoms with Crippen LogP contribution in [0.25, 0.3) is 0 Å². The van der Waals surface area contributed by atoms with Gasteiger partial charge in [0.1, 0.15) is 0 Å². The van der Waals surface area contributed by atoms with Gasteiger partial charge in [0.25, 0.3) is 0 Å². The van der Waals surface area contributed by atoms with Gasteiger partial charge < -0.3 is 9.64 Å². The number of hydrogen-bond acceptors (Lipinski definition) is 3. The van der Waals surface area contributed by atoms with Gasteiger partial charge in [-0.15, -0.1) is 0 Å². The number of carbonyl (C=O) groups is 2. The number of unbranched alkanes of at least 4 members (excludes halogenated alkanes) is 8. The number of esters is 1. The zero-order valence-corrected chi connectivity index (χ0v) is 15.1. The van der Waals surface area contributed by atoms with E-state index in [4.69, 9.17) is 4.74 Å². The number of nitrogens with zero attached hydrogens (tertiary/aromatic N) is 1. The summed E-state index contributed by atoms with van der Waals surface area (Å²) in [6, 6.07) is 0. The Labute approximate surface area is 141 Å². The molecule has 4 nitrogen and oxygen atoms in total. The molecular weight excluding hydrogens is 290 g/mol. The van der Waals surface area contributed by atoms with Crippen LogP contribution in [0.15, 0.2) is 0 Å². The van der Waals surface area contributed by atoms with Crippen molar-refractivity contribution in [2.45, 2.75) is 84.5 Å². The zero-order chi connectivity index (χ0) is 16.9. The van der Waals surface area contributed by atoms with Crippen LogP contribution >= 0.6 is 0 Å². The smallest absolute Gasteiger partial charge is 0.311 e. The summed E-state index contributed by atoms with van der Waals surface area (Å²) >= 11 is 0. The molecule has 1 aliphatic heterocycles. The highest BCUT2D eigenvalue weighted by Crippen LogP contribution is 2.20. The first-order valence-corrected chi connectivity index (χ1v) is 9.63. The summed E-state index contributed by atoms with van der Waals surface area (Å²) in [6.07, 6.45) is 12.1. The molecular formula is C19H35NO3. The Balaban J connectivity index is 2.13. The SMILES string of the molecule is CCCCCCCCN1CC(C(=O)OCCCCCC)CC1=O. The minimum atomic E-state index is -0.242. The Morgan fingerprint density at radius 2 is 1.61 bits per heavy atom. The third-order valence-corrected chi connectivity index (χ3v) is 4.57. The first-order chi connectivity index (χ1) is 11.2. The molecule has 23 heavy (non-hydrogen) atoms. The molecule has 1 aliphatic rings. The van der Waals surface area contributed by atoms with Crippen molar-refractivity contribution in [2.24, 2.45) is 5.92 Å². The quantitative estimate of drug-likeness (QED) is 0.374. The maximum atomic E-state index is 12.0. The maximum Gasteiger partial charge on any atom is 0.311 e. The number of carbonyl (C=O) groups excluding carboxylic acids is 2. The van der Waals surface area contributed by atoms with Crippen LogP contribution in [-0.2, 0) is 14.3 Å². The lowest BCUT2D eigenvalue weighted by atomic mass is 10.1. The molecule has 1 heterocycles. The molecule has 134 valence electrons. The van der Waals surface area contributed by atoms with E-state index in [0.29, 0.717) is 19.6 Å². The first-order valence-electron chi connectivity index (χ1n) is 9.63. The van der Waals surface area contributed by atoms with Crippen LogP contribution in [0.3, 0.4) is 0 Å². The van der Waals surface area contributed by atoms with Crippen LogP contribution in [0.2, 0.25) is 0 Å². The van der Waals surface area contributed by atoms with Gasteiger partial charge in [0.05, 0.1) is 12.5 Å². The van der Waals surface area contributed by atoms with Crippen molar-refractivity contribution in [3.63, 3.8) is 0 Å². The second-order valence-corrected chi connectivity index (χ2v) is 6.74. The van der Waals surface area contributed by atoms with E-state index >= 15 is 0 Å². The molecule has 1 fully saturated rings. The van der Waals surface area contributed by atoms with Crippen LogP contribution in [0.1, 0.15) is 84.5 Å². The van der Waals surface area contributed by atoms with Crippen molar-refractivity contribution in [3.8, 4) is 0 Å². The van der Waals surface area contributed by atoms with Gasteiger partial charge in [0, 0.05) is 19.5 Å². The van der Waals surface area contributed by atoms with E-state index in [1.807, 2.05) is 4.90 Å². The molecule has 1 rings (SSSR count). The number of rotatable bonds is 13. The van der Waals surface area contributed by atoms with E-state index in [1.165, 1.54) is 44.9 Å². The molecule has 0 spiro atoms. The molecule has 1 unspecified atom stereocenters. The van der Waals surface area contributed by atoms with Gasteiger partial charge in [-0.25, -0.2) is 0 Å². The molecule has 0 saturated carbocycles. The predicted molar refractivity (Wildman–Crippen MR) is 93.2 cm³/mol. The van der Waals surface area contributed by atoms with Gasteiger partial charge in [0.2, 0.25) is 5.91 Å². The molecule has 0 aromatic rings. The molecule has 0 aliphatic carbocycles. The predicted octanol–water partition coefficient (Wildman–Crippen LogP) is 4.32. The van der Waals surface area contributed by atoms with Crippen molar-refractivity contribution in [1.82, 2.24) is 4.90 Å². The molecule has 0 bridgehead atoms. The Bertz CT molecular complexity index is 344. The molecule has 1 atom stereocenters. The topological polar surface area (TPSA) is 46.6 Å². The minimum absolute atomic E-state index is 0.117. The summed E-state index contributed by atoms with van der Waals surface area (Å²) in [5.74, 6) is -0.305. The van der Waals surface area contributed by atoms with Gasteiger partial charge in [-0.3, -0.25) is 9.59 Å². The summed E-state index contributed by atoms with van der Waals surface area (Å²) < 4.78 is 5.32. The normalized spacial score (nSPS) is 17.7. The lowest BCUT2D eigenvalue weighted by Gasteiger charge is -2.16. The van der Waals surface area contributed by atoms with Crippen molar-refractivity contribution < 1.29 is 14.3 Å². The van der Waals surface area contributed by atoms with Crippen molar-refractivity contribution in [3.05, 3.63) is 0 Å². The Morgan fingerprint density at radius 1 is 1.00 bits per heavy atom. The second-order valence-electron chi connectivity index (χ2n) is 6.74. The van der Waals surface area contributed by atoms with Gasteiger partial charge in [0.15, 0.2) is 0 Å². The maximum absolute atomic E-state index is 12.0. The number of amides is 1. The van der Waals surface area contributed by atoms with E-state index in [2.05, 4.69) is 13.8 Å². The molecule has 0 aromatic heterocycles. The number of ether oxygens (including phenoxy) is 1. The highest BCUT2D eigenvalue weighted by Gasteiger charge is 2.34. The zero-order valence-electron chi connectivity index (χ0n) is 15.1. The summed E-state index contributed by atoms with van der Waals surface area (Å²) in [4.78, 5) is 25.9. The molecule has 0 radical (unpaired) electrons. The highest BCUT2D eigenvalue weighted by atomic mass is 16.5. The van der Waals surface area contributed by atoms with Gasteiger partial charge >= 0.3 is 5.97 Å². The second kappa shape index (κ2) is 12.4. The van der Waals surface area contributed by atoms with Crippen molar-refractivity contribution in [2.75, 3.05) is 19.7 Å². The lowest BCUT2D eigenvalue weighted by Crippen LogP contribution is -2.27. The van der Waals surface area contributed by atoms with Gasteiger partial charge in [-0.05, 0) is 12.8 Å². The van der Waals surface area contributed by atoms with Gasteiger partial charge in [-0.1, -0.05) is 65.2 Å². The van der Waals surface area contributed by atoms with E-state index < -0.39 is 0 Å². The van der Waals surface area contributed by atoms with Crippen molar-refractivity contribution >= 4 is 11.9 Å². The summed E-state index contributed by atoms with van der Waals surface area (Å²) in [6.45, 7) is 6.23. The van der Waals surface area contributed by atoms with E-state index in [1.54, 1.807) is 0 Å². The fourth-order valence-corrected chi connectivity index (χ4v) is 3.05. The number of hydrogen-bond donors (Lipinski definition) is 0. The van der Waals surface area contributed by atoms with Crippen LogP contribution in [0, 0.1) is 5.92 Å². The van der Waals surface area contributed by atoms with E-state index in [9.17, 15) is 9.59 Å².